The lowest BCUT2D eigenvalue weighted by Gasteiger charge is -2.19. The molecule has 0 radical (unpaired) electrons. The first-order valence-electron chi connectivity index (χ1n) is 5.20. The minimum atomic E-state index is 0.0101. The molecule has 0 aliphatic carbocycles. The molecule has 0 aliphatic rings. The van der Waals surface area contributed by atoms with Crippen LogP contribution in [0.4, 0.5) is 11.8 Å². The normalized spacial score (nSPS) is 9.88. The van der Waals surface area contributed by atoms with Gasteiger partial charge in [-0.2, -0.15) is 4.98 Å². The Balaban J connectivity index is 2.73. The third kappa shape index (κ3) is 3.85. The second-order valence-electron chi connectivity index (χ2n) is 3.46. The lowest BCUT2D eigenvalue weighted by molar-refractivity contribution is -0.120. The molecular weight excluding hydrogens is 286 g/mol. The molecule has 0 saturated carbocycles. The molecular formula is C10H16BrN5O. The highest BCUT2D eigenvalue weighted by Gasteiger charge is 2.10. The average molecular weight is 302 g/mol. The van der Waals surface area contributed by atoms with Crippen LogP contribution in [-0.4, -0.2) is 43.6 Å². The van der Waals surface area contributed by atoms with Gasteiger partial charge in [0, 0.05) is 40.3 Å². The summed E-state index contributed by atoms with van der Waals surface area (Å²) in [5, 5.41) is 5.46. The Morgan fingerprint density at radius 2 is 2.24 bits per heavy atom. The minimum absolute atomic E-state index is 0.0101. The molecule has 0 aliphatic heterocycles. The van der Waals surface area contributed by atoms with Crippen LogP contribution in [0.15, 0.2) is 10.7 Å². The maximum absolute atomic E-state index is 11.2. The lowest BCUT2D eigenvalue weighted by atomic mass is 10.3. The van der Waals surface area contributed by atoms with Gasteiger partial charge in [0.05, 0.1) is 4.47 Å². The number of carbonyl (C=O) groups excluding carboxylic acids is 1. The number of hydrogen-bond donors (Lipinski definition) is 2. The monoisotopic (exact) mass is 301 g/mol. The summed E-state index contributed by atoms with van der Waals surface area (Å²) in [5.74, 6) is 1.32. The molecule has 2 N–H and O–H groups in total. The maximum Gasteiger partial charge on any atom is 0.224 e. The number of nitrogens with zero attached hydrogens (tertiary/aromatic N) is 3. The molecule has 1 aromatic heterocycles. The van der Waals surface area contributed by atoms with Crippen LogP contribution in [0.2, 0.25) is 0 Å². The van der Waals surface area contributed by atoms with Gasteiger partial charge < -0.3 is 15.5 Å². The predicted molar refractivity (Wildman–Crippen MR) is 71.2 cm³/mol. The van der Waals surface area contributed by atoms with Gasteiger partial charge in [0.25, 0.3) is 0 Å². The summed E-state index contributed by atoms with van der Waals surface area (Å²) in [7, 11) is 5.27. The Kier molecular flexibility index (Phi) is 5.14. The maximum atomic E-state index is 11.2. The summed E-state index contributed by atoms with van der Waals surface area (Å²) in [4.78, 5) is 21.5. The van der Waals surface area contributed by atoms with E-state index in [4.69, 9.17) is 0 Å². The standard InChI is InChI=1S/C10H16BrN5O/c1-12-8(17)4-5-16(3)9-7(11)6-14-10(13-2)15-9/h6H,4-5H2,1-3H3,(H,12,17)(H,13,14,15). The largest absolute Gasteiger partial charge is 0.359 e. The van der Waals surface area contributed by atoms with Crippen LogP contribution in [0, 0.1) is 0 Å². The molecule has 0 fully saturated rings. The van der Waals surface area contributed by atoms with Crippen molar-refractivity contribution < 1.29 is 4.79 Å². The van der Waals surface area contributed by atoms with E-state index in [0.29, 0.717) is 18.9 Å². The van der Waals surface area contributed by atoms with E-state index in [9.17, 15) is 4.79 Å². The Morgan fingerprint density at radius 1 is 1.53 bits per heavy atom. The van der Waals surface area contributed by atoms with Crippen molar-refractivity contribution >= 4 is 33.6 Å². The number of anilines is 2. The molecule has 1 rings (SSSR count). The van der Waals surface area contributed by atoms with Crippen molar-refractivity contribution in [2.24, 2.45) is 0 Å². The van der Waals surface area contributed by atoms with Gasteiger partial charge in [-0.1, -0.05) is 0 Å². The van der Waals surface area contributed by atoms with Crippen molar-refractivity contribution in [3.63, 3.8) is 0 Å². The van der Waals surface area contributed by atoms with Gasteiger partial charge in [-0.3, -0.25) is 4.79 Å². The molecule has 7 heteroatoms. The van der Waals surface area contributed by atoms with Gasteiger partial charge in [0.15, 0.2) is 0 Å². The van der Waals surface area contributed by atoms with Gasteiger partial charge in [-0.25, -0.2) is 4.98 Å². The molecule has 0 spiro atoms. The second kappa shape index (κ2) is 6.39. The number of halogens is 1. The number of hydrogen-bond acceptors (Lipinski definition) is 5. The first-order chi connectivity index (χ1) is 8.08. The fraction of sp³-hybridized carbons (Fsp3) is 0.500. The molecule has 0 saturated heterocycles. The van der Waals surface area contributed by atoms with Crippen LogP contribution in [0.1, 0.15) is 6.42 Å². The molecule has 0 unspecified atom stereocenters. The molecule has 1 heterocycles. The van der Waals surface area contributed by atoms with Crippen molar-refractivity contribution in [2.75, 3.05) is 37.9 Å². The topological polar surface area (TPSA) is 70.2 Å². The molecule has 0 bridgehead atoms. The molecule has 17 heavy (non-hydrogen) atoms. The van der Waals surface area contributed by atoms with Gasteiger partial charge in [-0.05, 0) is 15.9 Å². The summed E-state index contributed by atoms with van der Waals surface area (Å²) >= 11 is 3.39. The van der Waals surface area contributed by atoms with Crippen molar-refractivity contribution in [3.8, 4) is 0 Å². The molecule has 1 aromatic rings. The van der Waals surface area contributed by atoms with E-state index in [1.165, 1.54) is 0 Å². The Morgan fingerprint density at radius 3 is 2.82 bits per heavy atom. The van der Waals surface area contributed by atoms with Crippen molar-refractivity contribution in [1.29, 1.82) is 0 Å². The van der Waals surface area contributed by atoms with E-state index in [0.717, 1.165) is 10.3 Å². The number of rotatable bonds is 5. The molecule has 94 valence electrons. The number of aromatic nitrogens is 2. The number of nitrogens with one attached hydrogen (secondary N) is 2. The van der Waals surface area contributed by atoms with E-state index < -0.39 is 0 Å². The predicted octanol–water partition coefficient (Wildman–Crippen LogP) is 0.853. The zero-order valence-electron chi connectivity index (χ0n) is 10.1. The third-order valence-electron chi connectivity index (χ3n) is 2.26. The third-order valence-corrected chi connectivity index (χ3v) is 2.82. The smallest absolute Gasteiger partial charge is 0.224 e. The summed E-state index contributed by atoms with van der Waals surface area (Å²) in [5.41, 5.74) is 0. The van der Waals surface area contributed by atoms with Crippen molar-refractivity contribution in [1.82, 2.24) is 15.3 Å². The molecule has 6 nitrogen and oxygen atoms in total. The SMILES string of the molecule is CNC(=O)CCN(C)c1nc(NC)ncc1Br. The van der Waals surface area contributed by atoms with Crippen molar-refractivity contribution in [3.05, 3.63) is 10.7 Å². The first-order valence-corrected chi connectivity index (χ1v) is 5.99. The zero-order valence-corrected chi connectivity index (χ0v) is 11.7. The highest BCUT2D eigenvalue weighted by molar-refractivity contribution is 9.10. The summed E-state index contributed by atoms with van der Waals surface area (Å²) < 4.78 is 0.802. The van der Waals surface area contributed by atoms with E-state index in [1.54, 1.807) is 20.3 Å². The van der Waals surface area contributed by atoms with Gasteiger partial charge in [-0.15, -0.1) is 0 Å². The van der Waals surface area contributed by atoms with Crippen LogP contribution < -0.4 is 15.5 Å². The first kappa shape index (κ1) is 13.7. The van der Waals surface area contributed by atoms with Gasteiger partial charge in [0.2, 0.25) is 11.9 Å². The molecule has 0 atom stereocenters. The highest BCUT2D eigenvalue weighted by atomic mass is 79.9. The molecule has 1 amide bonds. The van der Waals surface area contributed by atoms with Gasteiger partial charge in [0.1, 0.15) is 5.82 Å². The van der Waals surface area contributed by atoms with Crippen LogP contribution >= 0.6 is 15.9 Å². The highest BCUT2D eigenvalue weighted by Crippen LogP contribution is 2.23. The van der Waals surface area contributed by atoms with E-state index in [1.807, 2.05) is 11.9 Å². The quantitative estimate of drug-likeness (QED) is 0.844. The van der Waals surface area contributed by atoms with Gasteiger partial charge >= 0.3 is 0 Å². The van der Waals surface area contributed by atoms with Crippen molar-refractivity contribution in [2.45, 2.75) is 6.42 Å². The van der Waals surface area contributed by atoms with Crippen LogP contribution in [0.3, 0.4) is 0 Å². The Bertz CT molecular complexity index is 398. The van der Waals surface area contributed by atoms with E-state index in [-0.39, 0.29) is 5.91 Å². The molecule has 0 aromatic carbocycles. The van der Waals surface area contributed by atoms with E-state index >= 15 is 0 Å². The number of carbonyl (C=O) groups is 1. The Labute approximate surface area is 109 Å². The summed E-state index contributed by atoms with van der Waals surface area (Å²) in [6, 6.07) is 0. The number of amides is 1. The van der Waals surface area contributed by atoms with E-state index in [2.05, 4.69) is 36.5 Å². The summed E-state index contributed by atoms with van der Waals surface area (Å²) in [6.07, 6.45) is 2.11. The van der Waals surface area contributed by atoms with Crippen LogP contribution in [-0.2, 0) is 4.79 Å². The summed E-state index contributed by atoms with van der Waals surface area (Å²) in [6.45, 7) is 0.596. The fourth-order valence-corrected chi connectivity index (χ4v) is 1.74. The fourth-order valence-electron chi connectivity index (χ4n) is 1.25. The second-order valence-corrected chi connectivity index (χ2v) is 4.31. The van der Waals surface area contributed by atoms with Crippen LogP contribution in [0.5, 0.6) is 0 Å². The minimum Gasteiger partial charge on any atom is -0.359 e. The zero-order chi connectivity index (χ0) is 12.8. The average Bonchev–Trinajstić information content (AvgIpc) is 2.36. The Hall–Kier alpha value is -1.37. The van der Waals surface area contributed by atoms with Crippen LogP contribution in [0.25, 0.3) is 0 Å². The lowest BCUT2D eigenvalue weighted by Crippen LogP contribution is -2.27.